The van der Waals surface area contributed by atoms with Crippen molar-refractivity contribution in [3.63, 3.8) is 0 Å². The zero-order valence-electron chi connectivity index (χ0n) is 9.76. The monoisotopic (exact) mass is 212 g/mol. The molecule has 0 radical (unpaired) electrons. The SMILES string of the molecule is C=CCCC(CCC=CC)CCPC. The van der Waals surface area contributed by atoms with E-state index in [0.717, 1.165) is 14.5 Å². The lowest BCUT2D eigenvalue weighted by Gasteiger charge is -2.14. The third kappa shape index (κ3) is 8.51. The molecule has 0 nitrogen and oxygen atoms in total. The van der Waals surface area contributed by atoms with E-state index >= 15 is 0 Å². The average molecular weight is 212 g/mol. The summed E-state index contributed by atoms with van der Waals surface area (Å²) in [6, 6.07) is 0. The van der Waals surface area contributed by atoms with E-state index in [1.165, 1.54) is 38.3 Å². The molecular formula is C13H25P. The molecule has 0 spiro atoms. The zero-order valence-corrected chi connectivity index (χ0v) is 10.8. The van der Waals surface area contributed by atoms with E-state index in [1.807, 2.05) is 0 Å². The molecule has 2 unspecified atom stereocenters. The lowest BCUT2D eigenvalue weighted by atomic mass is 9.95. The smallest absolute Gasteiger partial charge is 0.0348 e. The van der Waals surface area contributed by atoms with Crippen molar-refractivity contribution in [1.82, 2.24) is 0 Å². The number of hydrogen-bond donors (Lipinski definition) is 0. The quantitative estimate of drug-likeness (QED) is 0.386. The van der Waals surface area contributed by atoms with Crippen molar-refractivity contribution in [1.29, 1.82) is 0 Å². The lowest BCUT2D eigenvalue weighted by Crippen LogP contribution is -2.01. The molecule has 0 aliphatic rings. The summed E-state index contributed by atoms with van der Waals surface area (Å²) in [6.45, 7) is 8.20. The first kappa shape index (κ1) is 13.9. The largest absolute Gasteiger partial charge is 0.125 e. The van der Waals surface area contributed by atoms with Gasteiger partial charge in [0.1, 0.15) is 0 Å². The van der Waals surface area contributed by atoms with E-state index < -0.39 is 0 Å². The molecule has 0 saturated carbocycles. The third-order valence-electron chi connectivity index (χ3n) is 2.56. The minimum atomic E-state index is 0.927. The fourth-order valence-corrected chi connectivity index (χ4v) is 2.33. The topological polar surface area (TPSA) is 0 Å². The van der Waals surface area contributed by atoms with Crippen LogP contribution in [0.2, 0.25) is 0 Å². The second-order valence-electron chi connectivity index (χ2n) is 3.77. The maximum absolute atomic E-state index is 3.80. The van der Waals surface area contributed by atoms with Crippen LogP contribution in [0.1, 0.15) is 39.0 Å². The van der Waals surface area contributed by atoms with Gasteiger partial charge in [0.25, 0.3) is 0 Å². The predicted octanol–water partition coefficient (Wildman–Crippen LogP) is 4.62. The van der Waals surface area contributed by atoms with Crippen molar-refractivity contribution in [3.8, 4) is 0 Å². The zero-order chi connectivity index (χ0) is 10.6. The summed E-state index contributed by atoms with van der Waals surface area (Å²) in [5.74, 6) is 0.927. The van der Waals surface area contributed by atoms with Gasteiger partial charge in [-0.25, -0.2) is 0 Å². The van der Waals surface area contributed by atoms with Crippen molar-refractivity contribution in [2.75, 3.05) is 12.8 Å². The second kappa shape index (κ2) is 11.0. The van der Waals surface area contributed by atoms with Gasteiger partial charge in [0.2, 0.25) is 0 Å². The molecular weight excluding hydrogens is 187 g/mol. The molecule has 2 atom stereocenters. The first-order valence-electron chi connectivity index (χ1n) is 5.71. The number of rotatable bonds is 9. The van der Waals surface area contributed by atoms with Crippen LogP contribution in [0.3, 0.4) is 0 Å². The van der Waals surface area contributed by atoms with Crippen molar-refractivity contribution in [3.05, 3.63) is 24.8 Å². The average Bonchev–Trinajstić information content (AvgIpc) is 2.21. The van der Waals surface area contributed by atoms with E-state index in [1.54, 1.807) is 0 Å². The van der Waals surface area contributed by atoms with Gasteiger partial charge in [-0.1, -0.05) is 18.2 Å². The Morgan fingerprint density at radius 1 is 1.21 bits per heavy atom. The van der Waals surface area contributed by atoms with Crippen molar-refractivity contribution in [2.24, 2.45) is 5.92 Å². The van der Waals surface area contributed by atoms with E-state index in [9.17, 15) is 0 Å². The van der Waals surface area contributed by atoms with Crippen LogP contribution >= 0.6 is 8.58 Å². The van der Waals surface area contributed by atoms with Gasteiger partial charge in [-0.15, -0.1) is 15.2 Å². The van der Waals surface area contributed by atoms with E-state index in [0.29, 0.717) is 0 Å². The second-order valence-corrected chi connectivity index (χ2v) is 4.98. The first-order valence-corrected chi connectivity index (χ1v) is 7.42. The van der Waals surface area contributed by atoms with Crippen LogP contribution in [0.15, 0.2) is 24.8 Å². The Bertz CT molecular complexity index is 149. The summed E-state index contributed by atoms with van der Waals surface area (Å²) < 4.78 is 0. The molecule has 1 heteroatoms. The Hall–Kier alpha value is -0.0900. The summed E-state index contributed by atoms with van der Waals surface area (Å²) in [6.07, 6.45) is 14.5. The number of allylic oxidation sites excluding steroid dienone is 3. The van der Waals surface area contributed by atoms with Crippen molar-refractivity contribution < 1.29 is 0 Å². The molecule has 0 aliphatic carbocycles. The number of hydrogen-bond acceptors (Lipinski definition) is 0. The molecule has 0 aromatic heterocycles. The van der Waals surface area contributed by atoms with Crippen LogP contribution in [0.5, 0.6) is 0 Å². The molecule has 0 rings (SSSR count). The van der Waals surface area contributed by atoms with Gasteiger partial charge in [-0.3, -0.25) is 0 Å². The van der Waals surface area contributed by atoms with E-state index in [4.69, 9.17) is 0 Å². The molecule has 0 fully saturated rings. The van der Waals surface area contributed by atoms with Crippen molar-refractivity contribution in [2.45, 2.75) is 39.0 Å². The molecule has 0 heterocycles. The Labute approximate surface area is 91.7 Å². The van der Waals surface area contributed by atoms with Crippen LogP contribution in [-0.2, 0) is 0 Å². The van der Waals surface area contributed by atoms with Crippen LogP contribution < -0.4 is 0 Å². The molecule has 14 heavy (non-hydrogen) atoms. The highest BCUT2D eigenvalue weighted by atomic mass is 31.1. The Morgan fingerprint density at radius 3 is 2.50 bits per heavy atom. The van der Waals surface area contributed by atoms with Crippen LogP contribution in [-0.4, -0.2) is 12.8 Å². The molecule has 82 valence electrons. The van der Waals surface area contributed by atoms with Crippen LogP contribution in [0.25, 0.3) is 0 Å². The van der Waals surface area contributed by atoms with Gasteiger partial charge >= 0.3 is 0 Å². The Balaban J connectivity index is 3.65. The summed E-state index contributed by atoms with van der Waals surface area (Å²) in [7, 11) is 1.12. The normalized spacial score (nSPS) is 14.1. The van der Waals surface area contributed by atoms with Gasteiger partial charge in [-0.05, 0) is 57.8 Å². The molecule has 0 amide bonds. The van der Waals surface area contributed by atoms with Gasteiger partial charge in [0.05, 0.1) is 0 Å². The van der Waals surface area contributed by atoms with Gasteiger partial charge in [-0.2, -0.15) is 0 Å². The van der Waals surface area contributed by atoms with E-state index in [-0.39, 0.29) is 0 Å². The predicted molar refractivity (Wildman–Crippen MR) is 70.7 cm³/mol. The fourth-order valence-electron chi connectivity index (χ4n) is 1.63. The summed E-state index contributed by atoms with van der Waals surface area (Å²) in [4.78, 5) is 0. The Kier molecular flexibility index (Phi) is 10.9. The molecule has 0 aliphatic heterocycles. The molecule has 0 aromatic carbocycles. The minimum Gasteiger partial charge on any atom is -0.125 e. The maximum atomic E-state index is 3.80. The van der Waals surface area contributed by atoms with Gasteiger partial charge in [0.15, 0.2) is 0 Å². The van der Waals surface area contributed by atoms with Gasteiger partial charge < -0.3 is 0 Å². The highest BCUT2D eigenvalue weighted by Crippen LogP contribution is 2.21. The molecule has 0 bridgehead atoms. The summed E-state index contributed by atoms with van der Waals surface area (Å²) in [5.41, 5.74) is 0. The van der Waals surface area contributed by atoms with Crippen LogP contribution in [0, 0.1) is 5.92 Å². The molecule has 0 N–H and O–H groups in total. The first-order chi connectivity index (χ1) is 6.85. The fraction of sp³-hybridized carbons (Fsp3) is 0.692. The minimum absolute atomic E-state index is 0.927. The standard InChI is InChI=1S/C13H25P/c1-4-6-8-10-13(9-7-5-2)11-12-14-3/h4-6,13-14H,2,7-12H2,1,3H3. The molecule has 0 saturated heterocycles. The lowest BCUT2D eigenvalue weighted by molar-refractivity contribution is 0.447. The van der Waals surface area contributed by atoms with E-state index in [2.05, 4.69) is 38.4 Å². The van der Waals surface area contributed by atoms with Crippen LogP contribution in [0.4, 0.5) is 0 Å². The molecule has 0 aromatic rings. The third-order valence-corrected chi connectivity index (χ3v) is 3.35. The maximum Gasteiger partial charge on any atom is -0.0348 e. The van der Waals surface area contributed by atoms with Crippen molar-refractivity contribution >= 4 is 8.58 Å². The summed E-state index contributed by atoms with van der Waals surface area (Å²) >= 11 is 0. The summed E-state index contributed by atoms with van der Waals surface area (Å²) in [5, 5.41) is 0. The van der Waals surface area contributed by atoms with Gasteiger partial charge in [0, 0.05) is 0 Å². The highest BCUT2D eigenvalue weighted by molar-refractivity contribution is 7.36. The Morgan fingerprint density at radius 2 is 1.93 bits per heavy atom. The highest BCUT2D eigenvalue weighted by Gasteiger charge is 2.05.